The Balaban J connectivity index is 1.80. The van der Waals surface area contributed by atoms with Crippen LogP contribution in [0.1, 0.15) is 17.8 Å². The molecule has 1 fully saturated rings. The van der Waals surface area contributed by atoms with Gasteiger partial charge in [-0.1, -0.05) is 0 Å². The van der Waals surface area contributed by atoms with Crippen LogP contribution < -0.4 is 5.73 Å². The minimum atomic E-state index is 0.835. The maximum Gasteiger partial charge on any atom is 0.0941 e. The minimum Gasteiger partial charge on any atom is -0.399 e. The van der Waals surface area contributed by atoms with Crippen LogP contribution in [0.25, 0.3) is 10.2 Å². The fourth-order valence-corrected chi connectivity index (χ4v) is 4.61. The highest BCUT2D eigenvalue weighted by atomic mass is 32.2. The van der Waals surface area contributed by atoms with Gasteiger partial charge < -0.3 is 5.73 Å². The fourth-order valence-electron chi connectivity index (χ4n) is 2.27. The van der Waals surface area contributed by atoms with Crippen molar-refractivity contribution in [1.29, 1.82) is 0 Å². The number of thiazole rings is 1. The molecule has 2 heterocycles. The van der Waals surface area contributed by atoms with Gasteiger partial charge in [-0.05, 0) is 48.5 Å². The van der Waals surface area contributed by atoms with Gasteiger partial charge in [0.2, 0.25) is 0 Å². The van der Waals surface area contributed by atoms with Gasteiger partial charge in [0.25, 0.3) is 0 Å². The van der Waals surface area contributed by atoms with Crippen LogP contribution in [0, 0.1) is 5.92 Å². The van der Waals surface area contributed by atoms with Gasteiger partial charge in [-0.25, -0.2) is 4.98 Å². The van der Waals surface area contributed by atoms with Crippen molar-refractivity contribution in [3.63, 3.8) is 0 Å². The molecule has 1 aromatic carbocycles. The molecule has 17 heavy (non-hydrogen) atoms. The Morgan fingerprint density at radius 3 is 2.94 bits per heavy atom. The van der Waals surface area contributed by atoms with E-state index < -0.39 is 0 Å². The van der Waals surface area contributed by atoms with Crippen LogP contribution in [0.15, 0.2) is 18.2 Å². The van der Waals surface area contributed by atoms with Crippen molar-refractivity contribution in [2.75, 3.05) is 17.2 Å². The molecule has 0 bridgehead atoms. The zero-order chi connectivity index (χ0) is 11.7. The predicted octanol–water partition coefficient (Wildman–Crippen LogP) is 3.56. The molecular formula is C13H16N2S2. The molecule has 4 heteroatoms. The molecule has 0 amide bonds. The average Bonchev–Trinajstić information content (AvgIpc) is 2.71. The van der Waals surface area contributed by atoms with E-state index in [1.807, 2.05) is 29.5 Å². The standard InChI is InChI=1S/C13H16N2S2/c14-10-1-2-11-12(8-10)17-13(15-11)7-9-3-5-16-6-4-9/h1-2,8-9H,3-7,14H2. The molecule has 0 spiro atoms. The Labute approximate surface area is 110 Å². The highest BCUT2D eigenvalue weighted by molar-refractivity contribution is 7.99. The maximum absolute atomic E-state index is 5.79. The van der Waals surface area contributed by atoms with E-state index in [0.29, 0.717) is 0 Å². The first-order chi connectivity index (χ1) is 8.31. The van der Waals surface area contributed by atoms with Gasteiger partial charge in [0.15, 0.2) is 0 Å². The Morgan fingerprint density at radius 1 is 1.29 bits per heavy atom. The molecule has 3 rings (SSSR count). The summed E-state index contributed by atoms with van der Waals surface area (Å²) in [5.74, 6) is 3.49. The van der Waals surface area contributed by atoms with E-state index in [2.05, 4.69) is 11.8 Å². The van der Waals surface area contributed by atoms with E-state index in [-0.39, 0.29) is 0 Å². The number of nitrogen functional groups attached to an aromatic ring is 1. The van der Waals surface area contributed by atoms with Crippen LogP contribution >= 0.6 is 23.1 Å². The third kappa shape index (κ3) is 2.58. The third-order valence-corrected chi connectivity index (χ3v) is 5.35. The topological polar surface area (TPSA) is 38.9 Å². The van der Waals surface area contributed by atoms with E-state index >= 15 is 0 Å². The lowest BCUT2D eigenvalue weighted by Gasteiger charge is -2.19. The summed E-state index contributed by atoms with van der Waals surface area (Å²) in [6, 6.07) is 6.00. The van der Waals surface area contributed by atoms with Crippen LogP contribution in [0.3, 0.4) is 0 Å². The van der Waals surface area contributed by atoms with Crippen LogP contribution in [0.2, 0.25) is 0 Å². The van der Waals surface area contributed by atoms with E-state index in [1.165, 1.54) is 34.1 Å². The number of aromatic nitrogens is 1. The highest BCUT2D eigenvalue weighted by Crippen LogP contribution is 2.30. The van der Waals surface area contributed by atoms with Gasteiger partial charge in [0.05, 0.1) is 15.2 Å². The predicted molar refractivity (Wildman–Crippen MR) is 77.8 cm³/mol. The number of rotatable bonds is 2. The summed E-state index contributed by atoms with van der Waals surface area (Å²) in [5.41, 5.74) is 7.73. The van der Waals surface area contributed by atoms with Crippen molar-refractivity contribution >= 4 is 39.0 Å². The van der Waals surface area contributed by atoms with Gasteiger partial charge in [0.1, 0.15) is 0 Å². The Bertz CT molecular complexity index is 515. The zero-order valence-electron chi connectivity index (χ0n) is 9.69. The number of nitrogens with zero attached hydrogens (tertiary/aromatic N) is 1. The summed E-state index contributed by atoms with van der Waals surface area (Å²) in [7, 11) is 0. The van der Waals surface area contributed by atoms with Crippen molar-refractivity contribution < 1.29 is 0 Å². The Kier molecular flexibility index (Phi) is 3.25. The van der Waals surface area contributed by atoms with Crippen LogP contribution in [-0.4, -0.2) is 16.5 Å². The smallest absolute Gasteiger partial charge is 0.0941 e. The van der Waals surface area contributed by atoms with Gasteiger partial charge >= 0.3 is 0 Å². The zero-order valence-corrected chi connectivity index (χ0v) is 11.3. The van der Waals surface area contributed by atoms with Crippen molar-refractivity contribution in [3.05, 3.63) is 23.2 Å². The number of nitrogens with two attached hydrogens (primary N) is 1. The Hall–Kier alpha value is -0.740. The summed E-state index contributed by atoms with van der Waals surface area (Å²) in [5, 5.41) is 1.28. The summed E-state index contributed by atoms with van der Waals surface area (Å²) in [6.45, 7) is 0. The van der Waals surface area contributed by atoms with Gasteiger partial charge in [0, 0.05) is 12.1 Å². The second-order valence-corrected chi connectivity index (χ2v) is 6.93. The van der Waals surface area contributed by atoms with Crippen molar-refractivity contribution in [2.24, 2.45) is 5.92 Å². The van der Waals surface area contributed by atoms with Gasteiger partial charge in [-0.2, -0.15) is 11.8 Å². The van der Waals surface area contributed by atoms with E-state index in [9.17, 15) is 0 Å². The molecule has 0 radical (unpaired) electrons. The summed E-state index contributed by atoms with van der Waals surface area (Å²) in [6.07, 6.45) is 3.85. The maximum atomic E-state index is 5.79. The molecule has 0 aliphatic carbocycles. The second-order valence-electron chi connectivity index (χ2n) is 4.59. The summed E-state index contributed by atoms with van der Waals surface area (Å²) >= 11 is 3.89. The first kappa shape index (κ1) is 11.4. The normalized spacial score (nSPS) is 17.6. The van der Waals surface area contributed by atoms with Crippen molar-refractivity contribution in [3.8, 4) is 0 Å². The molecular weight excluding hydrogens is 248 g/mol. The summed E-state index contributed by atoms with van der Waals surface area (Å²) < 4.78 is 1.23. The van der Waals surface area contributed by atoms with Gasteiger partial charge in [-0.3, -0.25) is 0 Å². The molecule has 90 valence electrons. The van der Waals surface area contributed by atoms with Gasteiger partial charge in [-0.15, -0.1) is 11.3 Å². The third-order valence-electron chi connectivity index (χ3n) is 3.26. The van der Waals surface area contributed by atoms with E-state index in [4.69, 9.17) is 10.7 Å². The Morgan fingerprint density at radius 2 is 2.12 bits per heavy atom. The first-order valence-electron chi connectivity index (χ1n) is 6.04. The molecule has 2 aromatic rings. The summed E-state index contributed by atoms with van der Waals surface area (Å²) in [4.78, 5) is 4.70. The molecule has 1 saturated heterocycles. The number of hydrogen-bond acceptors (Lipinski definition) is 4. The fraction of sp³-hybridized carbons (Fsp3) is 0.462. The molecule has 0 unspecified atom stereocenters. The molecule has 2 nitrogen and oxygen atoms in total. The van der Waals surface area contributed by atoms with E-state index in [0.717, 1.165) is 23.5 Å². The molecule has 0 atom stereocenters. The lowest BCUT2D eigenvalue weighted by molar-refractivity contribution is 0.487. The number of thioether (sulfide) groups is 1. The minimum absolute atomic E-state index is 0.835. The lowest BCUT2D eigenvalue weighted by Crippen LogP contribution is -2.11. The van der Waals surface area contributed by atoms with Crippen LogP contribution in [0.4, 0.5) is 5.69 Å². The number of hydrogen-bond donors (Lipinski definition) is 1. The first-order valence-corrected chi connectivity index (χ1v) is 8.01. The number of anilines is 1. The largest absolute Gasteiger partial charge is 0.399 e. The van der Waals surface area contributed by atoms with E-state index in [1.54, 1.807) is 0 Å². The lowest BCUT2D eigenvalue weighted by atomic mass is 9.99. The molecule has 0 saturated carbocycles. The monoisotopic (exact) mass is 264 g/mol. The van der Waals surface area contributed by atoms with Crippen LogP contribution in [-0.2, 0) is 6.42 Å². The van der Waals surface area contributed by atoms with Crippen molar-refractivity contribution in [2.45, 2.75) is 19.3 Å². The SMILES string of the molecule is Nc1ccc2nc(CC3CCSCC3)sc2c1. The number of fused-ring (bicyclic) bond motifs is 1. The quantitative estimate of drug-likeness (QED) is 0.843. The average molecular weight is 264 g/mol. The number of benzene rings is 1. The molecule has 2 N–H and O–H groups in total. The van der Waals surface area contributed by atoms with Crippen LogP contribution in [0.5, 0.6) is 0 Å². The van der Waals surface area contributed by atoms with Crippen molar-refractivity contribution in [1.82, 2.24) is 4.98 Å². The molecule has 1 aromatic heterocycles. The molecule has 1 aliphatic heterocycles. The second kappa shape index (κ2) is 4.86. The highest BCUT2D eigenvalue weighted by Gasteiger charge is 2.16. The molecule has 1 aliphatic rings.